The molecule has 0 radical (unpaired) electrons. The summed E-state index contributed by atoms with van der Waals surface area (Å²) in [5.74, 6) is 0.465. The van der Waals surface area contributed by atoms with Crippen LogP contribution in [0, 0.1) is 5.92 Å². The van der Waals surface area contributed by atoms with Gasteiger partial charge >= 0.3 is 0 Å². The quantitative estimate of drug-likeness (QED) is 0.483. The number of benzene rings is 1. The van der Waals surface area contributed by atoms with Crippen molar-refractivity contribution in [3.05, 3.63) is 23.8 Å². The lowest BCUT2D eigenvalue weighted by molar-refractivity contribution is 0.0956. The van der Waals surface area contributed by atoms with E-state index < -0.39 is 0 Å². The van der Waals surface area contributed by atoms with E-state index in [-0.39, 0.29) is 5.91 Å². The number of nitrogens with one attached hydrogen (secondary N) is 2. The molecule has 0 saturated carbocycles. The molecule has 5 heteroatoms. The summed E-state index contributed by atoms with van der Waals surface area (Å²) in [6.07, 6.45) is 0.885. The van der Waals surface area contributed by atoms with Gasteiger partial charge in [-0.1, -0.05) is 13.8 Å². The largest absolute Gasteiger partial charge is 0.399 e. The highest BCUT2D eigenvalue weighted by Gasteiger charge is 2.10. The lowest BCUT2D eigenvalue weighted by Gasteiger charge is -2.13. The van der Waals surface area contributed by atoms with E-state index in [1.807, 2.05) is 6.92 Å². The van der Waals surface area contributed by atoms with E-state index in [1.165, 1.54) is 0 Å². The molecule has 1 amide bonds. The average Bonchev–Trinajstić information content (AvgIpc) is 2.42. The van der Waals surface area contributed by atoms with Gasteiger partial charge in [-0.2, -0.15) is 0 Å². The smallest absolute Gasteiger partial charge is 0.253 e. The Kier molecular flexibility index (Phi) is 7.61. The highest BCUT2D eigenvalue weighted by Crippen LogP contribution is 2.19. The molecule has 0 saturated heterocycles. The molecule has 4 N–H and O–H groups in total. The minimum atomic E-state index is -0.0870. The van der Waals surface area contributed by atoms with Crippen molar-refractivity contribution in [1.82, 2.24) is 5.32 Å². The highest BCUT2D eigenvalue weighted by molar-refractivity contribution is 6.00. The van der Waals surface area contributed by atoms with Gasteiger partial charge in [0.1, 0.15) is 0 Å². The number of amides is 1. The SMILES string of the molecule is CCNC(=O)c1ccc(N)cc1NCCCOCC(C)C. The van der Waals surface area contributed by atoms with E-state index in [9.17, 15) is 4.79 Å². The second-order valence-electron chi connectivity index (χ2n) is 5.41. The number of rotatable bonds is 9. The van der Waals surface area contributed by atoms with Crippen molar-refractivity contribution in [1.29, 1.82) is 0 Å². The predicted molar refractivity (Wildman–Crippen MR) is 87.6 cm³/mol. The number of anilines is 2. The molecule has 0 heterocycles. The van der Waals surface area contributed by atoms with Crippen LogP contribution in [-0.2, 0) is 4.74 Å². The van der Waals surface area contributed by atoms with Gasteiger partial charge < -0.3 is 21.1 Å². The van der Waals surface area contributed by atoms with Crippen LogP contribution in [0.2, 0.25) is 0 Å². The van der Waals surface area contributed by atoms with E-state index >= 15 is 0 Å². The van der Waals surface area contributed by atoms with Crippen molar-refractivity contribution in [2.24, 2.45) is 5.92 Å². The van der Waals surface area contributed by atoms with Gasteiger partial charge in [0.25, 0.3) is 5.91 Å². The van der Waals surface area contributed by atoms with Gasteiger partial charge in [0.05, 0.1) is 5.56 Å². The zero-order valence-electron chi connectivity index (χ0n) is 13.2. The van der Waals surface area contributed by atoms with Crippen molar-refractivity contribution in [2.75, 3.05) is 37.4 Å². The third-order valence-corrected chi connectivity index (χ3v) is 2.86. The first-order valence-corrected chi connectivity index (χ1v) is 7.54. The van der Waals surface area contributed by atoms with E-state index in [0.717, 1.165) is 25.3 Å². The molecular weight excluding hydrogens is 266 g/mol. The monoisotopic (exact) mass is 293 g/mol. The number of ether oxygens (including phenoxy) is 1. The highest BCUT2D eigenvalue weighted by atomic mass is 16.5. The molecule has 0 aliphatic heterocycles. The maximum absolute atomic E-state index is 12.0. The first-order chi connectivity index (χ1) is 10.0. The predicted octanol–water partition coefficient (Wildman–Crippen LogP) is 2.49. The van der Waals surface area contributed by atoms with Crippen molar-refractivity contribution in [3.8, 4) is 0 Å². The molecule has 5 nitrogen and oxygen atoms in total. The lowest BCUT2D eigenvalue weighted by Crippen LogP contribution is -2.24. The second kappa shape index (κ2) is 9.23. The Bertz CT molecular complexity index is 447. The number of nitrogen functional groups attached to an aromatic ring is 1. The summed E-state index contributed by atoms with van der Waals surface area (Å²) in [7, 11) is 0. The van der Waals surface area contributed by atoms with Crippen LogP contribution < -0.4 is 16.4 Å². The maximum Gasteiger partial charge on any atom is 0.253 e. The molecule has 0 spiro atoms. The Morgan fingerprint density at radius 2 is 2.14 bits per heavy atom. The summed E-state index contributed by atoms with van der Waals surface area (Å²) in [4.78, 5) is 12.0. The van der Waals surface area contributed by atoms with Crippen molar-refractivity contribution in [2.45, 2.75) is 27.2 Å². The van der Waals surface area contributed by atoms with Gasteiger partial charge in [0, 0.05) is 37.7 Å². The Labute approximate surface area is 127 Å². The maximum atomic E-state index is 12.0. The molecule has 1 aromatic rings. The molecular formula is C16H27N3O2. The summed E-state index contributed by atoms with van der Waals surface area (Å²) in [6, 6.07) is 5.28. The van der Waals surface area contributed by atoms with Crippen LogP contribution in [0.3, 0.4) is 0 Å². The molecule has 0 aliphatic carbocycles. The summed E-state index contributed by atoms with van der Waals surface area (Å²) < 4.78 is 5.53. The number of carbonyl (C=O) groups is 1. The Morgan fingerprint density at radius 1 is 1.38 bits per heavy atom. The van der Waals surface area contributed by atoms with Crippen LogP contribution in [-0.4, -0.2) is 32.2 Å². The number of hydrogen-bond acceptors (Lipinski definition) is 4. The minimum absolute atomic E-state index is 0.0870. The van der Waals surface area contributed by atoms with E-state index in [1.54, 1.807) is 18.2 Å². The van der Waals surface area contributed by atoms with Crippen LogP contribution in [0.15, 0.2) is 18.2 Å². The third kappa shape index (κ3) is 6.49. The first kappa shape index (κ1) is 17.3. The molecule has 1 aromatic carbocycles. The van der Waals surface area contributed by atoms with Crippen LogP contribution in [0.4, 0.5) is 11.4 Å². The fraction of sp³-hybridized carbons (Fsp3) is 0.562. The average molecular weight is 293 g/mol. The van der Waals surface area contributed by atoms with Crippen LogP contribution in [0.5, 0.6) is 0 Å². The van der Waals surface area contributed by atoms with Gasteiger partial charge in [-0.05, 0) is 37.5 Å². The molecule has 21 heavy (non-hydrogen) atoms. The minimum Gasteiger partial charge on any atom is -0.399 e. The number of nitrogens with two attached hydrogens (primary N) is 1. The molecule has 0 aromatic heterocycles. The number of carbonyl (C=O) groups excluding carboxylic acids is 1. The summed E-state index contributed by atoms with van der Waals surface area (Å²) >= 11 is 0. The summed E-state index contributed by atoms with van der Waals surface area (Å²) in [5, 5.41) is 6.06. The number of hydrogen-bond donors (Lipinski definition) is 3. The van der Waals surface area contributed by atoms with Crippen LogP contribution in [0.25, 0.3) is 0 Å². The van der Waals surface area contributed by atoms with Crippen molar-refractivity contribution < 1.29 is 9.53 Å². The zero-order valence-corrected chi connectivity index (χ0v) is 13.2. The second-order valence-corrected chi connectivity index (χ2v) is 5.41. The van der Waals surface area contributed by atoms with Crippen LogP contribution >= 0.6 is 0 Å². The van der Waals surface area contributed by atoms with Crippen LogP contribution in [0.1, 0.15) is 37.6 Å². The molecule has 0 aliphatic rings. The fourth-order valence-electron chi connectivity index (χ4n) is 1.88. The van der Waals surface area contributed by atoms with E-state index in [4.69, 9.17) is 10.5 Å². The normalized spacial score (nSPS) is 10.7. The van der Waals surface area contributed by atoms with Gasteiger partial charge in [-0.3, -0.25) is 4.79 Å². The Morgan fingerprint density at radius 3 is 2.81 bits per heavy atom. The molecule has 0 unspecified atom stereocenters. The van der Waals surface area contributed by atoms with Gasteiger partial charge in [-0.15, -0.1) is 0 Å². The van der Waals surface area contributed by atoms with Gasteiger partial charge in [0.2, 0.25) is 0 Å². The van der Waals surface area contributed by atoms with E-state index in [0.29, 0.717) is 30.3 Å². The fourth-order valence-corrected chi connectivity index (χ4v) is 1.88. The molecule has 0 fully saturated rings. The molecule has 0 bridgehead atoms. The first-order valence-electron chi connectivity index (χ1n) is 7.54. The summed E-state index contributed by atoms with van der Waals surface area (Å²) in [5.41, 5.74) is 7.82. The molecule has 0 atom stereocenters. The standard InChI is InChI=1S/C16H27N3O2/c1-4-18-16(20)14-7-6-13(17)10-15(14)19-8-5-9-21-11-12(2)3/h6-7,10,12,19H,4-5,8-9,11,17H2,1-3H3,(H,18,20). The molecule has 1 rings (SSSR count). The topological polar surface area (TPSA) is 76.4 Å². The Balaban J connectivity index is 2.49. The van der Waals surface area contributed by atoms with Gasteiger partial charge in [0.15, 0.2) is 0 Å². The van der Waals surface area contributed by atoms with E-state index in [2.05, 4.69) is 24.5 Å². The lowest BCUT2D eigenvalue weighted by atomic mass is 10.1. The Hall–Kier alpha value is -1.75. The summed E-state index contributed by atoms with van der Waals surface area (Å²) in [6.45, 7) is 8.99. The van der Waals surface area contributed by atoms with Crippen molar-refractivity contribution in [3.63, 3.8) is 0 Å². The molecule has 118 valence electrons. The van der Waals surface area contributed by atoms with Gasteiger partial charge in [-0.25, -0.2) is 0 Å². The van der Waals surface area contributed by atoms with Crippen molar-refractivity contribution >= 4 is 17.3 Å². The third-order valence-electron chi connectivity index (χ3n) is 2.86. The zero-order chi connectivity index (χ0) is 15.7.